The summed E-state index contributed by atoms with van der Waals surface area (Å²) in [5.74, 6) is 0. The van der Waals surface area contributed by atoms with Crippen molar-refractivity contribution in [1.29, 1.82) is 0 Å². The van der Waals surface area contributed by atoms with E-state index >= 15 is 0 Å². The van der Waals surface area contributed by atoms with Gasteiger partial charge in [0.15, 0.2) is 0 Å². The summed E-state index contributed by atoms with van der Waals surface area (Å²) in [7, 11) is 0. The van der Waals surface area contributed by atoms with E-state index in [1.54, 1.807) is 0 Å². The van der Waals surface area contributed by atoms with Crippen LogP contribution < -0.4 is 4.90 Å². The Kier molecular flexibility index (Phi) is 8.62. The third-order valence-corrected chi connectivity index (χ3v) is 16.8. The molecule has 12 aromatic carbocycles. The average molecular weight is 939 g/mol. The predicted octanol–water partition coefficient (Wildman–Crippen LogP) is 18.1. The molecule has 0 saturated carbocycles. The Bertz CT molecular complexity index is 4390. The first-order valence-electron chi connectivity index (χ1n) is 25.8. The standard InChI is InChI=1S/C72H46N2/c1-4-21-47(22-5-1)53-28-13-17-36-66(53)73(52-41-43-59-65(46-52)71(49-24-6-2-7-25-49,50-26-8-3-9-27-50)62-44-39-48-23-10-11-29-54(48)69(59)62)51-40-42-56-55-30-12-15-33-60(55)72(64(56)45-51)61-34-16-19-38-68(61)74-67-37-18-14-31-57(67)58-32-20-35-63(72)70(58)74/h1-46H. The monoisotopic (exact) mass is 938 g/mol. The van der Waals surface area contributed by atoms with Crippen molar-refractivity contribution in [3.63, 3.8) is 0 Å². The second-order valence-electron chi connectivity index (χ2n) is 20.2. The highest BCUT2D eigenvalue weighted by Gasteiger charge is 2.52. The predicted molar refractivity (Wildman–Crippen MR) is 307 cm³/mol. The van der Waals surface area contributed by atoms with Crippen LogP contribution in [0.2, 0.25) is 0 Å². The highest BCUT2D eigenvalue weighted by atomic mass is 15.1. The molecule has 1 unspecified atom stereocenters. The second-order valence-corrected chi connectivity index (χ2v) is 20.2. The van der Waals surface area contributed by atoms with Crippen LogP contribution in [0.25, 0.3) is 71.6 Å². The number of fused-ring (bicyclic) bond motifs is 17. The SMILES string of the molecule is c1ccc(-c2ccccc2N(c2ccc3c(c2)C(c2ccccc2)(c2ccccc2)c2ccc4ccccc4c2-3)c2ccc3c(c2)C2(c4ccccc4-3)c3ccccc3-n3c4ccccc4c4cccc2c43)cc1. The van der Waals surface area contributed by atoms with Gasteiger partial charge in [0.05, 0.1) is 33.2 Å². The number of nitrogens with zero attached hydrogens (tertiary/aromatic N) is 2. The van der Waals surface area contributed by atoms with Gasteiger partial charge in [-0.15, -0.1) is 0 Å². The number of anilines is 3. The Balaban J connectivity index is 1.01. The number of rotatable bonds is 6. The molecule has 1 spiro atoms. The number of hydrogen-bond acceptors (Lipinski definition) is 1. The highest BCUT2D eigenvalue weighted by Crippen LogP contribution is 2.63. The van der Waals surface area contributed by atoms with Gasteiger partial charge in [-0.3, -0.25) is 0 Å². The van der Waals surface area contributed by atoms with Gasteiger partial charge in [0.1, 0.15) is 0 Å². The van der Waals surface area contributed by atoms with Crippen LogP contribution in [0.1, 0.15) is 44.5 Å². The zero-order valence-electron chi connectivity index (χ0n) is 40.5. The molecule has 16 rings (SSSR count). The van der Waals surface area contributed by atoms with E-state index in [-0.39, 0.29) is 0 Å². The van der Waals surface area contributed by atoms with Gasteiger partial charge in [0.25, 0.3) is 0 Å². The Morgan fingerprint density at radius 2 is 0.865 bits per heavy atom. The molecule has 0 radical (unpaired) electrons. The van der Waals surface area contributed by atoms with Crippen molar-refractivity contribution in [3.05, 3.63) is 324 Å². The van der Waals surface area contributed by atoms with E-state index in [1.165, 1.54) is 111 Å². The fraction of sp³-hybridized carbons (Fsp3) is 0.0278. The molecule has 2 heteroatoms. The third-order valence-electron chi connectivity index (χ3n) is 16.8. The summed E-state index contributed by atoms with van der Waals surface area (Å²) in [6.07, 6.45) is 0. The number of para-hydroxylation sites is 4. The van der Waals surface area contributed by atoms with E-state index in [4.69, 9.17) is 0 Å². The van der Waals surface area contributed by atoms with E-state index in [9.17, 15) is 0 Å². The molecule has 1 aliphatic heterocycles. The molecule has 0 amide bonds. The third kappa shape index (κ3) is 5.33. The smallest absolute Gasteiger partial charge is 0.0755 e. The van der Waals surface area contributed by atoms with Gasteiger partial charge in [0, 0.05) is 27.7 Å². The maximum Gasteiger partial charge on any atom is 0.0755 e. The Morgan fingerprint density at radius 1 is 0.311 bits per heavy atom. The molecule has 3 aliphatic rings. The summed E-state index contributed by atoms with van der Waals surface area (Å²) < 4.78 is 2.53. The van der Waals surface area contributed by atoms with Gasteiger partial charge in [-0.25, -0.2) is 0 Å². The van der Waals surface area contributed by atoms with Crippen LogP contribution in [0.4, 0.5) is 17.1 Å². The van der Waals surface area contributed by atoms with Crippen molar-refractivity contribution in [2.75, 3.05) is 4.90 Å². The summed E-state index contributed by atoms with van der Waals surface area (Å²) in [5, 5.41) is 5.06. The van der Waals surface area contributed by atoms with Gasteiger partial charge in [-0.05, 0) is 126 Å². The molecule has 2 heterocycles. The lowest BCUT2D eigenvalue weighted by molar-refractivity contribution is 0.748. The van der Waals surface area contributed by atoms with Crippen molar-refractivity contribution in [2.24, 2.45) is 0 Å². The van der Waals surface area contributed by atoms with Crippen LogP contribution in [-0.2, 0) is 10.8 Å². The number of hydrogen-bond donors (Lipinski definition) is 0. The van der Waals surface area contributed by atoms with Gasteiger partial charge in [-0.2, -0.15) is 0 Å². The van der Waals surface area contributed by atoms with Gasteiger partial charge >= 0.3 is 0 Å². The Hall–Kier alpha value is -9.50. The topological polar surface area (TPSA) is 8.17 Å². The summed E-state index contributed by atoms with van der Waals surface area (Å²) >= 11 is 0. The minimum absolute atomic E-state index is 0.607. The maximum absolute atomic E-state index is 2.55. The minimum Gasteiger partial charge on any atom is -0.310 e. The van der Waals surface area contributed by atoms with Crippen LogP contribution in [0, 0.1) is 0 Å². The van der Waals surface area contributed by atoms with E-state index in [0.29, 0.717) is 0 Å². The van der Waals surface area contributed by atoms with Crippen molar-refractivity contribution in [1.82, 2.24) is 4.57 Å². The molecule has 74 heavy (non-hydrogen) atoms. The lowest BCUT2D eigenvalue weighted by Crippen LogP contribution is -2.33. The normalized spacial score (nSPS) is 15.2. The molecule has 1 atom stereocenters. The van der Waals surface area contributed by atoms with Crippen molar-refractivity contribution in [3.8, 4) is 39.1 Å². The Morgan fingerprint density at radius 3 is 1.64 bits per heavy atom. The Labute approximate surface area is 430 Å². The molecular formula is C72H46N2. The van der Waals surface area contributed by atoms with Gasteiger partial charge in [0.2, 0.25) is 0 Å². The lowest BCUT2D eigenvalue weighted by atomic mass is 9.65. The zero-order chi connectivity index (χ0) is 48.5. The van der Waals surface area contributed by atoms with E-state index in [1.807, 2.05) is 0 Å². The molecule has 0 saturated heterocycles. The summed E-state index contributed by atoms with van der Waals surface area (Å²) in [4.78, 5) is 2.55. The molecule has 344 valence electrons. The molecule has 0 fully saturated rings. The van der Waals surface area contributed by atoms with Crippen molar-refractivity contribution >= 4 is 49.6 Å². The van der Waals surface area contributed by atoms with Crippen LogP contribution >= 0.6 is 0 Å². The van der Waals surface area contributed by atoms with Gasteiger partial charge < -0.3 is 9.47 Å². The van der Waals surface area contributed by atoms with Crippen LogP contribution in [-0.4, -0.2) is 4.57 Å². The van der Waals surface area contributed by atoms with Crippen molar-refractivity contribution < 1.29 is 0 Å². The van der Waals surface area contributed by atoms with E-state index < -0.39 is 10.8 Å². The fourth-order valence-corrected chi connectivity index (χ4v) is 14.0. The molecule has 0 N–H and O–H groups in total. The first kappa shape index (κ1) is 41.2. The molecule has 2 nitrogen and oxygen atoms in total. The number of benzene rings is 12. The van der Waals surface area contributed by atoms with E-state index in [0.717, 1.165) is 22.6 Å². The second kappa shape index (κ2) is 15.5. The molecular weight excluding hydrogens is 893 g/mol. The zero-order valence-corrected chi connectivity index (χ0v) is 40.5. The largest absolute Gasteiger partial charge is 0.310 e. The lowest BCUT2D eigenvalue weighted by Gasteiger charge is -2.40. The molecule has 0 bridgehead atoms. The minimum atomic E-state index is -0.608. The molecule has 2 aliphatic carbocycles. The summed E-state index contributed by atoms with van der Waals surface area (Å²) in [6.45, 7) is 0. The maximum atomic E-state index is 2.55. The number of aromatic nitrogens is 1. The van der Waals surface area contributed by atoms with Crippen LogP contribution in [0.3, 0.4) is 0 Å². The average Bonchev–Trinajstić information content (AvgIpc) is 4.11. The quantitative estimate of drug-likeness (QED) is 0.161. The molecule has 1 aromatic heterocycles. The van der Waals surface area contributed by atoms with Crippen molar-refractivity contribution in [2.45, 2.75) is 10.8 Å². The van der Waals surface area contributed by atoms with Crippen LogP contribution in [0.15, 0.2) is 279 Å². The summed E-state index contributed by atoms with van der Waals surface area (Å²) in [5.41, 5.74) is 23.5. The fourth-order valence-electron chi connectivity index (χ4n) is 14.0. The highest BCUT2D eigenvalue weighted by molar-refractivity contribution is 6.13. The van der Waals surface area contributed by atoms with E-state index in [2.05, 4.69) is 289 Å². The first-order valence-corrected chi connectivity index (χ1v) is 25.8. The van der Waals surface area contributed by atoms with Gasteiger partial charge in [-0.1, -0.05) is 237 Å². The summed E-state index contributed by atoms with van der Waals surface area (Å²) in [6, 6.07) is 105. The van der Waals surface area contributed by atoms with Crippen LogP contribution in [0.5, 0.6) is 0 Å². The molecule has 13 aromatic rings. The first-order chi connectivity index (χ1) is 36.7.